The van der Waals surface area contributed by atoms with Crippen molar-refractivity contribution in [3.05, 3.63) is 71.3 Å². The van der Waals surface area contributed by atoms with Crippen LogP contribution in [0.1, 0.15) is 29.7 Å². The molecule has 0 saturated heterocycles. The number of nitrogens with one attached hydrogen (secondary N) is 2. The van der Waals surface area contributed by atoms with Crippen LogP contribution in [-0.4, -0.2) is 12.5 Å². The average Bonchev–Trinajstić information content (AvgIpc) is 2.52. The lowest BCUT2D eigenvalue weighted by molar-refractivity contribution is -0.120. The summed E-state index contributed by atoms with van der Waals surface area (Å²) in [5.41, 5.74) is 3.54. The molecule has 1 amide bonds. The van der Waals surface area contributed by atoms with Gasteiger partial charge in [-0.2, -0.15) is 0 Å². The molecule has 0 heterocycles. The SMILES string of the molecule is Cc1ccccc1CNC(=O)CNC(C)c1ccccc1. The van der Waals surface area contributed by atoms with E-state index in [9.17, 15) is 4.79 Å². The van der Waals surface area contributed by atoms with Crippen molar-refractivity contribution < 1.29 is 4.79 Å². The Morgan fingerprint density at radius 2 is 1.71 bits per heavy atom. The molecule has 2 aromatic carbocycles. The van der Waals surface area contributed by atoms with Crippen molar-refractivity contribution in [2.24, 2.45) is 0 Å². The van der Waals surface area contributed by atoms with Gasteiger partial charge in [-0.25, -0.2) is 0 Å². The van der Waals surface area contributed by atoms with Gasteiger partial charge in [-0.15, -0.1) is 0 Å². The number of rotatable bonds is 6. The molecule has 0 spiro atoms. The van der Waals surface area contributed by atoms with Crippen LogP contribution < -0.4 is 10.6 Å². The number of carbonyl (C=O) groups is 1. The van der Waals surface area contributed by atoms with E-state index in [-0.39, 0.29) is 11.9 Å². The van der Waals surface area contributed by atoms with Crippen LogP contribution in [0.3, 0.4) is 0 Å². The Morgan fingerprint density at radius 1 is 1.05 bits per heavy atom. The maximum Gasteiger partial charge on any atom is 0.234 e. The van der Waals surface area contributed by atoms with Gasteiger partial charge in [0.1, 0.15) is 0 Å². The molecule has 0 radical (unpaired) electrons. The quantitative estimate of drug-likeness (QED) is 0.855. The van der Waals surface area contributed by atoms with Crippen molar-refractivity contribution in [3.63, 3.8) is 0 Å². The monoisotopic (exact) mass is 282 g/mol. The Labute approximate surface area is 126 Å². The molecule has 2 aromatic rings. The van der Waals surface area contributed by atoms with Crippen LogP contribution in [0.25, 0.3) is 0 Å². The van der Waals surface area contributed by atoms with Crippen LogP contribution >= 0.6 is 0 Å². The Balaban J connectivity index is 1.76. The first kappa shape index (κ1) is 15.3. The minimum Gasteiger partial charge on any atom is -0.351 e. The van der Waals surface area contributed by atoms with Crippen LogP contribution in [0.2, 0.25) is 0 Å². The van der Waals surface area contributed by atoms with Crippen molar-refractivity contribution in [2.45, 2.75) is 26.4 Å². The van der Waals surface area contributed by atoms with E-state index in [1.165, 1.54) is 11.1 Å². The Hall–Kier alpha value is -2.13. The van der Waals surface area contributed by atoms with Gasteiger partial charge in [0.2, 0.25) is 5.91 Å². The molecule has 3 heteroatoms. The molecule has 0 bridgehead atoms. The van der Waals surface area contributed by atoms with Gasteiger partial charge in [-0.3, -0.25) is 4.79 Å². The lowest BCUT2D eigenvalue weighted by Gasteiger charge is -2.14. The van der Waals surface area contributed by atoms with Gasteiger partial charge in [0, 0.05) is 12.6 Å². The molecule has 0 aliphatic carbocycles. The smallest absolute Gasteiger partial charge is 0.234 e. The summed E-state index contributed by atoms with van der Waals surface area (Å²) in [6, 6.07) is 18.4. The van der Waals surface area contributed by atoms with Gasteiger partial charge in [-0.1, -0.05) is 54.6 Å². The van der Waals surface area contributed by atoms with Gasteiger partial charge in [0.25, 0.3) is 0 Å². The normalized spacial score (nSPS) is 11.9. The van der Waals surface area contributed by atoms with Gasteiger partial charge < -0.3 is 10.6 Å². The topological polar surface area (TPSA) is 41.1 Å². The molecule has 3 nitrogen and oxygen atoms in total. The number of hydrogen-bond acceptors (Lipinski definition) is 2. The minimum absolute atomic E-state index is 0.0148. The van der Waals surface area contributed by atoms with Gasteiger partial charge in [0.05, 0.1) is 6.54 Å². The predicted molar refractivity (Wildman–Crippen MR) is 85.9 cm³/mol. The van der Waals surface area contributed by atoms with Crippen LogP contribution in [0.4, 0.5) is 0 Å². The van der Waals surface area contributed by atoms with Crippen molar-refractivity contribution in [3.8, 4) is 0 Å². The van der Waals surface area contributed by atoms with Gasteiger partial charge in [-0.05, 0) is 30.5 Å². The number of carbonyl (C=O) groups excluding carboxylic acids is 1. The molecule has 2 rings (SSSR count). The molecule has 0 aliphatic rings. The number of amides is 1. The van der Waals surface area contributed by atoms with E-state index in [0.717, 1.165) is 5.56 Å². The van der Waals surface area contributed by atoms with Gasteiger partial charge >= 0.3 is 0 Å². The number of benzene rings is 2. The third-order valence-corrected chi connectivity index (χ3v) is 3.61. The first-order valence-electron chi connectivity index (χ1n) is 7.26. The standard InChI is InChI=1S/C18H22N2O/c1-14-8-6-7-11-17(14)12-20-18(21)13-19-15(2)16-9-4-3-5-10-16/h3-11,15,19H,12-13H2,1-2H3,(H,20,21). The molecule has 0 aromatic heterocycles. The zero-order chi connectivity index (χ0) is 15.1. The van der Waals surface area contributed by atoms with E-state index in [1.807, 2.05) is 36.4 Å². The second-order valence-electron chi connectivity index (χ2n) is 5.22. The van der Waals surface area contributed by atoms with E-state index in [2.05, 4.69) is 42.7 Å². The fourth-order valence-electron chi connectivity index (χ4n) is 2.17. The Kier molecular flexibility index (Phi) is 5.52. The lowest BCUT2D eigenvalue weighted by Crippen LogP contribution is -2.34. The summed E-state index contributed by atoms with van der Waals surface area (Å²) in [6.07, 6.45) is 0. The van der Waals surface area contributed by atoms with E-state index < -0.39 is 0 Å². The van der Waals surface area contributed by atoms with Crippen LogP contribution in [0.5, 0.6) is 0 Å². The molecule has 21 heavy (non-hydrogen) atoms. The third-order valence-electron chi connectivity index (χ3n) is 3.61. The van der Waals surface area contributed by atoms with Gasteiger partial charge in [0.15, 0.2) is 0 Å². The first-order valence-corrected chi connectivity index (χ1v) is 7.26. The van der Waals surface area contributed by atoms with Crippen molar-refractivity contribution in [1.29, 1.82) is 0 Å². The number of aryl methyl sites for hydroxylation is 1. The molecule has 0 aliphatic heterocycles. The molecular formula is C18H22N2O. The van der Waals surface area contributed by atoms with Crippen LogP contribution in [0, 0.1) is 6.92 Å². The highest BCUT2D eigenvalue weighted by molar-refractivity contribution is 5.78. The third kappa shape index (κ3) is 4.72. The summed E-state index contributed by atoms with van der Waals surface area (Å²) in [6.45, 7) is 5.01. The van der Waals surface area contributed by atoms with Crippen molar-refractivity contribution >= 4 is 5.91 Å². The fourth-order valence-corrected chi connectivity index (χ4v) is 2.17. The highest BCUT2D eigenvalue weighted by Crippen LogP contribution is 2.10. The summed E-state index contributed by atoms with van der Waals surface area (Å²) in [5.74, 6) is 0.0148. The summed E-state index contributed by atoms with van der Waals surface area (Å²) >= 11 is 0. The average molecular weight is 282 g/mol. The predicted octanol–water partition coefficient (Wildman–Crippen LogP) is 2.96. The highest BCUT2D eigenvalue weighted by Gasteiger charge is 2.07. The lowest BCUT2D eigenvalue weighted by atomic mass is 10.1. The summed E-state index contributed by atoms with van der Waals surface area (Å²) in [4.78, 5) is 11.9. The Morgan fingerprint density at radius 3 is 2.43 bits per heavy atom. The summed E-state index contributed by atoms with van der Waals surface area (Å²) < 4.78 is 0. The molecule has 0 fully saturated rings. The summed E-state index contributed by atoms with van der Waals surface area (Å²) in [5, 5.41) is 6.18. The molecule has 2 N–H and O–H groups in total. The van der Waals surface area contributed by atoms with E-state index in [1.54, 1.807) is 0 Å². The highest BCUT2D eigenvalue weighted by atomic mass is 16.1. The molecule has 0 saturated carbocycles. The van der Waals surface area contributed by atoms with E-state index in [0.29, 0.717) is 13.1 Å². The van der Waals surface area contributed by atoms with Crippen LogP contribution in [-0.2, 0) is 11.3 Å². The van der Waals surface area contributed by atoms with E-state index >= 15 is 0 Å². The largest absolute Gasteiger partial charge is 0.351 e. The Bertz CT molecular complexity index is 581. The fraction of sp³-hybridized carbons (Fsp3) is 0.278. The second kappa shape index (κ2) is 7.60. The first-order chi connectivity index (χ1) is 10.2. The number of hydrogen-bond donors (Lipinski definition) is 2. The maximum atomic E-state index is 11.9. The summed E-state index contributed by atoms with van der Waals surface area (Å²) in [7, 11) is 0. The second-order valence-corrected chi connectivity index (χ2v) is 5.22. The zero-order valence-corrected chi connectivity index (χ0v) is 12.6. The molecular weight excluding hydrogens is 260 g/mol. The maximum absolute atomic E-state index is 11.9. The molecule has 110 valence electrons. The minimum atomic E-state index is 0.0148. The van der Waals surface area contributed by atoms with Crippen LogP contribution in [0.15, 0.2) is 54.6 Å². The molecule has 1 unspecified atom stereocenters. The molecule has 1 atom stereocenters. The van der Waals surface area contributed by atoms with Crippen molar-refractivity contribution in [1.82, 2.24) is 10.6 Å². The van der Waals surface area contributed by atoms with Crippen molar-refractivity contribution in [2.75, 3.05) is 6.54 Å². The van der Waals surface area contributed by atoms with E-state index in [4.69, 9.17) is 0 Å². The zero-order valence-electron chi connectivity index (χ0n) is 12.6.